The minimum absolute atomic E-state index is 0.0585. The van der Waals surface area contributed by atoms with Gasteiger partial charge in [-0.1, -0.05) is 0 Å². The van der Waals surface area contributed by atoms with Crippen LogP contribution in [-0.4, -0.2) is 26.8 Å². The van der Waals surface area contributed by atoms with E-state index in [1.165, 1.54) is 36.3 Å². The van der Waals surface area contributed by atoms with Gasteiger partial charge in [-0.05, 0) is 17.7 Å². The van der Waals surface area contributed by atoms with Crippen LogP contribution in [0.15, 0.2) is 24.5 Å². The SMILES string of the molecule is COc1cc([N+](=O)[O-])ccc1-n1cnc(Cl)n1. The number of aromatic nitrogens is 3. The van der Waals surface area contributed by atoms with Crippen LogP contribution in [0.5, 0.6) is 5.75 Å². The number of hydrogen-bond donors (Lipinski definition) is 0. The van der Waals surface area contributed by atoms with E-state index in [1.807, 2.05) is 0 Å². The Morgan fingerprint density at radius 2 is 2.29 bits per heavy atom. The van der Waals surface area contributed by atoms with Gasteiger partial charge in [0, 0.05) is 6.07 Å². The minimum atomic E-state index is -0.499. The van der Waals surface area contributed by atoms with E-state index in [1.54, 1.807) is 0 Å². The molecule has 2 rings (SSSR count). The molecule has 0 fully saturated rings. The molecule has 8 heteroatoms. The van der Waals surface area contributed by atoms with E-state index in [4.69, 9.17) is 16.3 Å². The van der Waals surface area contributed by atoms with Crippen LogP contribution < -0.4 is 4.74 Å². The summed E-state index contributed by atoms with van der Waals surface area (Å²) in [5.41, 5.74) is 0.467. The third-order valence-corrected chi connectivity index (χ3v) is 2.26. The lowest BCUT2D eigenvalue weighted by molar-refractivity contribution is -0.384. The Labute approximate surface area is 101 Å². The summed E-state index contributed by atoms with van der Waals surface area (Å²) in [4.78, 5) is 13.9. The predicted octanol–water partition coefficient (Wildman–Crippen LogP) is 1.84. The second-order valence-corrected chi connectivity index (χ2v) is 3.41. The predicted molar refractivity (Wildman–Crippen MR) is 59.6 cm³/mol. The van der Waals surface area contributed by atoms with E-state index >= 15 is 0 Å². The van der Waals surface area contributed by atoms with Crippen LogP contribution in [0, 0.1) is 10.1 Å². The molecule has 0 aliphatic heterocycles. The van der Waals surface area contributed by atoms with Crippen molar-refractivity contribution in [3.8, 4) is 11.4 Å². The molecule has 1 aromatic carbocycles. The molecule has 2 aromatic rings. The summed E-state index contributed by atoms with van der Waals surface area (Å²) >= 11 is 5.60. The van der Waals surface area contributed by atoms with Crippen molar-refractivity contribution in [2.24, 2.45) is 0 Å². The highest BCUT2D eigenvalue weighted by Crippen LogP contribution is 2.27. The molecule has 0 atom stereocenters. The first-order valence-electron chi connectivity index (χ1n) is 4.52. The largest absolute Gasteiger partial charge is 0.494 e. The molecule has 0 N–H and O–H groups in total. The van der Waals surface area contributed by atoms with Crippen molar-refractivity contribution >= 4 is 17.3 Å². The Morgan fingerprint density at radius 3 is 2.82 bits per heavy atom. The molecule has 0 bridgehead atoms. The molecule has 0 spiro atoms. The summed E-state index contributed by atoms with van der Waals surface area (Å²) in [5.74, 6) is 0.320. The molecule has 0 unspecified atom stereocenters. The van der Waals surface area contributed by atoms with E-state index in [2.05, 4.69) is 10.1 Å². The zero-order chi connectivity index (χ0) is 12.4. The van der Waals surface area contributed by atoms with Crippen LogP contribution in [0.25, 0.3) is 5.69 Å². The van der Waals surface area contributed by atoms with Gasteiger partial charge in [-0.25, -0.2) is 9.67 Å². The van der Waals surface area contributed by atoms with Crippen LogP contribution in [-0.2, 0) is 0 Å². The van der Waals surface area contributed by atoms with Crippen molar-refractivity contribution in [2.75, 3.05) is 7.11 Å². The summed E-state index contributed by atoms with van der Waals surface area (Å²) in [7, 11) is 1.42. The fraction of sp³-hybridized carbons (Fsp3) is 0.111. The smallest absolute Gasteiger partial charge is 0.273 e. The Morgan fingerprint density at radius 1 is 1.53 bits per heavy atom. The van der Waals surface area contributed by atoms with Crippen LogP contribution in [0.4, 0.5) is 5.69 Å². The zero-order valence-electron chi connectivity index (χ0n) is 8.70. The Kier molecular flexibility index (Phi) is 2.92. The summed E-state index contributed by atoms with van der Waals surface area (Å²) < 4.78 is 6.44. The highest BCUT2D eigenvalue weighted by atomic mass is 35.5. The van der Waals surface area contributed by atoms with Crippen LogP contribution >= 0.6 is 11.6 Å². The second kappa shape index (κ2) is 4.38. The molecule has 0 radical (unpaired) electrons. The van der Waals surface area contributed by atoms with Crippen LogP contribution in [0.1, 0.15) is 0 Å². The average Bonchev–Trinajstić information content (AvgIpc) is 2.74. The van der Waals surface area contributed by atoms with E-state index in [0.29, 0.717) is 11.4 Å². The molecule has 1 aromatic heterocycles. The third-order valence-electron chi connectivity index (χ3n) is 2.08. The molecule has 0 amide bonds. The number of methoxy groups -OCH3 is 1. The molecule has 0 saturated heterocycles. The number of halogens is 1. The third kappa shape index (κ3) is 2.18. The van der Waals surface area contributed by atoms with Crippen LogP contribution in [0.3, 0.4) is 0 Å². The van der Waals surface area contributed by atoms with Gasteiger partial charge in [0.1, 0.15) is 12.0 Å². The molecule has 1 heterocycles. The van der Waals surface area contributed by atoms with Crippen molar-refractivity contribution in [1.29, 1.82) is 0 Å². The van der Waals surface area contributed by atoms with E-state index < -0.39 is 4.92 Å². The summed E-state index contributed by atoms with van der Waals surface area (Å²) in [6.07, 6.45) is 1.39. The highest BCUT2D eigenvalue weighted by Gasteiger charge is 2.13. The summed E-state index contributed by atoms with van der Waals surface area (Å²) in [6.45, 7) is 0. The number of ether oxygens (including phenoxy) is 1. The quantitative estimate of drug-likeness (QED) is 0.616. The van der Waals surface area contributed by atoms with Gasteiger partial charge in [-0.3, -0.25) is 10.1 Å². The first kappa shape index (κ1) is 11.3. The van der Waals surface area contributed by atoms with E-state index in [0.717, 1.165) is 0 Å². The lowest BCUT2D eigenvalue weighted by atomic mass is 10.2. The second-order valence-electron chi connectivity index (χ2n) is 3.07. The number of nitrogens with zero attached hydrogens (tertiary/aromatic N) is 4. The Bertz CT molecular complexity index is 569. The number of hydrogen-bond acceptors (Lipinski definition) is 5. The maximum Gasteiger partial charge on any atom is 0.273 e. The Hall–Kier alpha value is -2.15. The molecule has 7 nitrogen and oxygen atoms in total. The maximum absolute atomic E-state index is 10.6. The van der Waals surface area contributed by atoms with Crippen molar-refractivity contribution in [3.63, 3.8) is 0 Å². The number of non-ortho nitro benzene ring substituents is 1. The standard InChI is InChI=1S/C9H7ClN4O3/c1-17-8-4-6(14(15)16)2-3-7(8)13-5-11-9(10)12-13/h2-5H,1H3. The zero-order valence-corrected chi connectivity index (χ0v) is 9.46. The van der Waals surface area contributed by atoms with Gasteiger partial charge in [0.2, 0.25) is 5.28 Å². The van der Waals surface area contributed by atoms with E-state index in [-0.39, 0.29) is 11.0 Å². The molecule has 88 valence electrons. The summed E-state index contributed by atoms with van der Waals surface area (Å²) in [5, 5.41) is 14.6. The average molecular weight is 255 g/mol. The van der Waals surface area contributed by atoms with Crippen molar-refractivity contribution in [2.45, 2.75) is 0 Å². The molecule has 17 heavy (non-hydrogen) atoms. The number of rotatable bonds is 3. The lowest BCUT2D eigenvalue weighted by Gasteiger charge is -2.06. The topological polar surface area (TPSA) is 83.1 Å². The molecule has 0 aliphatic rings. The molecular weight excluding hydrogens is 248 g/mol. The number of nitro benzene ring substituents is 1. The molecule has 0 aliphatic carbocycles. The van der Waals surface area contributed by atoms with Crippen molar-refractivity contribution in [3.05, 3.63) is 39.9 Å². The fourth-order valence-electron chi connectivity index (χ4n) is 1.33. The summed E-state index contributed by atoms with van der Waals surface area (Å²) in [6, 6.07) is 4.18. The number of nitro groups is 1. The minimum Gasteiger partial charge on any atom is -0.494 e. The van der Waals surface area contributed by atoms with Gasteiger partial charge in [0.25, 0.3) is 5.69 Å². The van der Waals surface area contributed by atoms with Gasteiger partial charge in [0.15, 0.2) is 5.75 Å². The van der Waals surface area contributed by atoms with Gasteiger partial charge in [-0.2, -0.15) is 0 Å². The maximum atomic E-state index is 10.6. The monoisotopic (exact) mass is 254 g/mol. The molecule has 0 saturated carbocycles. The van der Waals surface area contributed by atoms with Gasteiger partial charge in [-0.15, -0.1) is 5.10 Å². The first-order chi connectivity index (χ1) is 8.11. The van der Waals surface area contributed by atoms with Gasteiger partial charge in [0.05, 0.1) is 18.1 Å². The van der Waals surface area contributed by atoms with E-state index in [9.17, 15) is 10.1 Å². The Balaban J connectivity index is 2.51. The normalized spacial score (nSPS) is 10.2. The van der Waals surface area contributed by atoms with Gasteiger partial charge < -0.3 is 4.74 Å². The fourth-order valence-corrected chi connectivity index (χ4v) is 1.45. The molecular formula is C9H7ClN4O3. The first-order valence-corrected chi connectivity index (χ1v) is 4.89. The number of benzene rings is 1. The highest BCUT2D eigenvalue weighted by molar-refractivity contribution is 6.28. The lowest BCUT2D eigenvalue weighted by Crippen LogP contribution is -1.99. The van der Waals surface area contributed by atoms with Crippen molar-refractivity contribution < 1.29 is 9.66 Å². The van der Waals surface area contributed by atoms with Crippen LogP contribution in [0.2, 0.25) is 5.28 Å². The van der Waals surface area contributed by atoms with Gasteiger partial charge >= 0.3 is 0 Å². The van der Waals surface area contributed by atoms with Crippen molar-refractivity contribution in [1.82, 2.24) is 14.8 Å².